The summed E-state index contributed by atoms with van der Waals surface area (Å²) in [6, 6.07) is -0.136. The fraction of sp³-hybridized carbons (Fsp3) is 0.786. The highest BCUT2D eigenvalue weighted by Crippen LogP contribution is 2.24. The molecule has 2 N–H and O–H groups in total. The van der Waals surface area contributed by atoms with Gasteiger partial charge in [-0.15, -0.1) is 0 Å². The zero-order chi connectivity index (χ0) is 31.2. The van der Waals surface area contributed by atoms with E-state index in [0.717, 1.165) is 5.71 Å². The number of imide groups is 1. The van der Waals surface area contributed by atoms with Crippen molar-refractivity contribution in [3.05, 3.63) is 12.2 Å². The summed E-state index contributed by atoms with van der Waals surface area (Å²) in [6.07, 6.45) is 5.96. The molecule has 0 aromatic carbocycles. The number of rotatable bonds is 9. The van der Waals surface area contributed by atoms with E-state index in [4.69, 9.17) is 9.84 Å². The molecule has 0 saturated carbocycles. The van der Waals surface area contributed by atoms with Gasteiger partial charge < -0.3 is 10.1 Å². The Kier molecular flexibility index (Phi) is 11.5. The first kappa shape index (κ1) is 33.9. The van der Waals surface area contributed by atoms with Gasteiger partial charge in [0.2, 0.25) is 11.8 Å². The van der Waals surface area contributed by atoms with Gasteiger partial charge >= 0.3 is 6.09 Å². The Bertz CT molecular complexity index is 1140. The molecule has 3 atom stereocenters. The Morgan fingerprint density at radius 3 is 2.45 bits per heavy atom. The molecule has 42 heavy (non-hydrogen) atoms. The predicted molar refractivity (Wildman–Crippen MR) is 161 cm³/mol. The number of carbonyl (C=O) groups is 3. The number of nitrogens with one attached hydrogen (secondary N) is 2. The van der Waals surface area contributed by atoms with Crippen molar-refractivity contribution in [3.8, 4) is 0 Å². The third-order valence-electron chi connectivity index (χ3n) is 7.96. The minimum absolute atomic E-state index is 0.0489. The van der Waals surface area contributed by atoms with Crippen molar-refractivity contribution in [2.45, 2.75) is 84.5 Å². The van der Waals surface area contributed by atoms with E-state index in [0.29, 0.717) is 64.8 Å². The van der Waals surface area contributed by atoms with Crippen molar-refractivity contribution in [1.82, 2.24) is 29.2 Å². The highest BCUT2D eigenvalue weighted by Gasteiger charge is 2.35. The van der Waals surface area contributed by atoms with Crippen LogP contribution >= 0.6 is 0 Å². The summed E-state index contributed by atoms with van der Waals surface area (Å²) < 4.78 is 34.9. The topological polar surface area (TPSA) is 144 Å². The zero-order valence-corrected chi connectivity index (χ0v) is 26.9. The van der Waals surface area contributed by atoms with E-state index in [1.165, 1.54) is 8.61 Å². The summed E-state index contributed by atoms with van der Waals surface area (Å²) in [4.78, 5) is 38.5. The summed E-state index contributed by atoms with van der Waals surface area (Å²) in [5.74, 6) is -1.07. The van der Waals surface area contributed by atoms with Crippen molar-refractivity contribution in [1.29, 1.82) is 0 Å². The molecule has 0 aliphatic carbocycles. The second kappa shape index (κ2) is 14.3. The lowest BCUT2D eigenvalue weighted by Crippen LogP contribution is -2.52. The summed E-state index contributed by atoms with van der Waals surface area (Å²) in [6.45, 7) is 11.5. The lowest BCUT2D eigenvalue weighted by molar-refractivity contribution is -0.134. The summed E-state index contributed by atoms with van der Waals surface area (Å²) in [5.41, 5.74) is 0.133. The molecular formula is C28H49N7O6S. The maximum Gasteiger partial charge on any atom is 0.407 e. The van der Waals surface area contributed by atoms with E-state index >= 15 is 0 Å². The fourth-order valence-corrected chi connectivity index (χ4v) is 6.93. The van der Waals surface area contributed by atoms with Crippen LogP contribution in [-0.4, -0.2) is 115 Å². The van der Waals surface area contributed by atoms with E-state index in [1.807, 2.05) is 32.0 Å². The van der Waals surface area contributed by atoms with E-state index in [1.54, 1.807) is 27.8 Å². The molecule has 238 valence electrons. The molecule has 0 spiro atoms. The van der Waals surface area contributed by atoms with Gasteiger partial charge in [0.15, 0.2) is 0 Å². The van der Waals surface area contributed by atoms with Gasteiger partial charge in [0.25, 0.3) is 10.2 Å². The Labute approximate surface area is 250 Å². The van der Waals surface area contributed by atoms with Gasteiger partial charge in [0.05, 0.1) is 11.6 Å². The first-order valence-corrected chi connectivity index (χ1v) is 16.3. The molecule has 3 amide bonds. The van der Waals surface area contributed by atoms with Gasteiger partial charge in [-0.1, -0.05) is 26.0 Å². The third-order valence-corrected chi connectivity index (χ3v) is 9.95. The lowest BCUT2D eigenvalue weighted by atomic mass is 9.86. The molecule has 2 fully saturated rings. The average molecular weight is 612 g/mol. The minimum atomic E-state index is -3.68. The van der Waals surface area contributed by atoms with Crippen LogP contribution in [0.4, 0.5) is 4.79 Å². The number of ether oxygens (including phenoxy) is 1. The molecular weight excluding hydrogens is 562 g/mol. The molecule has 0 bridgehead atoms. The van der Waals surface area contributed by atoms with Crippen LogP contribution in [0.1, 0.15) is 66.7 Å². The number of carbonyl (C=O) groups excluding carboxylic acids is 3. The highest BCUT2D eigenvalue weighted by molar-refractivity contribution is 7.86. The molecule has 0 radical (unpaired) electrons. The number of allylic oxidation sites excluding steroid dienone is 1. The molecule has 3 aliphatic heterocycles. The second-order valence-corrected chi connectivity index (χ2v) is 14.3. The number of piperidine rings is 2. The van der Waals surface area contributed by atoms with Gasteiger partial charge in [-0.3, -0.25) is 24.8 Å². The van der Waals surface area contributed by atoms with Crippen LogP contribution in [0.25, 0.3) is 0 Å². The van der Waals surface area contributed by atoms with Crippen LogP contribution < -0.4 is 10.6 Å². The number of nitrogens with zero attached hydrogens (tertiary/aromatic N) is 5. The van der Waals surface area contributed by atoms with Crippen molar-refractivity contribution < 1.29 is 27.5 Å². The Morgan fingerprint density at radius 2 is 1.86 bits per heavy atom. The number of hydrogen-bond donors (Lipinski definition) is 2. The summed E-state index contributed by atoms with van der Waals surface area (Å²) >= 11 is 0. The van der Waals surface area contributed by atoms with E-state index in [-0.39, 0.29) is 29.9 Å². The van der Waals surface area contributed by atoms with Crippen LogP contribution in [-0.2, 0) is 24.5 Å². The van der Waals surface area contributed by atoms with Crippen LogP contribution in [0.5, 0.6) is 0 Å². The number of amides is 3. The molecule has 14 heteroatoms. The molecule has 3 unspecified atom stereocenters. The van der Waals surface area contributed by atoms with Gasteiger partial charge in [-0.05, 0) is 46.6 Å². The van der Waals surface area contributed by atoms with Crippen molar-refractivity contribution in [2.24, 2.45) is 16.9 Å². The Morgan fingerprint density at radius 1 is 1.19 bits per heavy atom. The fourth-order valence-electron chi connectivity index (χ4n) is 5.55. The average Bonchev–Trinajstić information content (AvgIpc) is 2.89. The van der Waals surface area contributed by atoms with Crippen molar-refractivity contribution >= 4 is 33.8 Å². The van der Waals surface area contributed by atoms with Crippen LogP contribution in [0.15, 0.2) is 17.3 Å². The predicted octanol–water partition coefficient (Wildman–Crippen LogP) is 1.74. The normalized spacial score (nSPS) is 27.2. The molecule has 3 heterocycles. The minimum Gasteiger partial charge on any atom is -0.444 e. The summed E-state index contributed by atoms with van der Waals surface area (Å²) in [7, 11) is -0.206. The largest absolute Gasteiger partial charge is 0.444 e. The SMILES string of the molecule is CCN(CCN(C)S(=O)(=O)N1CCC(NC(=O)OC(C)(C)C)CC1)C1C/C=C\C(C)/C(C2CCC(=O)NC2=O)=N\N1C. The molecule has 13 nitrogen and oxygen atoms in total. The first-order chi connectivity index (χ1) is 19.6. The van der Waals surface area contributed by atoms with Gasteiger partial charge in [0, 0.05) is 65.1 Å². The van der Waals surface area contributed by atoms with Gasteiger partial charge in [-0.25, -0.2) is 4.79 Å². The van der Waals surface area contributed by atoms with Crippen molar-refractivity contribution in [2.75, 3.05) is 46.8 Å². The molecule has 2 saturated heterocycles. The Hall–Kier alpha value is -2.55. The molecule has 0 aromatic heterocycles. The quantitative estimate of drug-likeness (QED) is 0.296. The van der Waals surface area contributed by atoms with E-state index in [2.05, 4.69) is 21.6 Å². The molecule has 3 rings (SSSR count). The molecule has 3 aliphatic rings. The van der Waals surface area contributed by atoms with E-state index < -0.39 is 27.8 Å². The first-order valence-electron chi connectivity index (χ1n) is 14.9. The van der Waals surface area contributed by atoms with Gasteiger partial charge in [-0.2, -0.15) is 22.1 Å². The smallest absolute Gasteiger partial charge is 0.407 e. The third kappa shape index (κ3) is 8.98. The lowest BCUT2D eigenvalue weighted by Gasteiger charge is -2.39. The Balaban J connectivity index is 1.59. The highest BCUT2D eigenvalue weighted by atomic mass is 32.2. The van der Waals surface area contributed by atoms with E-state index in [9.17, 15) is 22.8 Å². The van der Waals surface area contributed by atoms with Crippen molar-refractivity contribution in [3.63, 3.8) is 0 Å². The number of likely N-dealkylation sites (N-methyl/N-ethyl adjacent to an activating group) is 2. The zero-order valence-electron chi connectivity index (χ0n) is 26.1. The number of alkyl carbamates (subject to hydrolysis) is 1. The summed E-state index contributed by atoms with van der Waals surface area (Å²) in [5, 5.41) is 12.0. The second-order valence-electron chi connectivity index (χ2n) is 12.3. The van der Waals surface area contributed by atoms with Crippen LogP contribution in [0.2, 0.25) is 0 Å². The maximum absolute atomic E-state index is 13.4. The standard InChI is InChI=1S/C28H49N7O6S/c1-8-34(24-11-9-10-20(2)25(31-33(24)7)22-12-13-23(36)30-26(22)37)19-18-32(6)42(39,40)35-16-14-21(15-17-35)29-27(38)41-28(3,4)5/h9-10,20-22,24H,8,11-19H2,1-7H3,(H,29,38)(H,30,36,37)/b10-9-,31-25+. The van der Waals surface area contributed by atoms with Crippen LogP contribution in [0.3, 0.4) is 0 Å². The van der Waals surface area contributed by atoms with Crippen LogP contribution in [0, 0.1) is 11.8 Å². The monoisotopic (exact) mass is 611 g/mol. The molecule has 0 aromatic rings. The number of hydrazone groups is 1. The number of hydrogen-bond acceptors (Lipinski definition) is 9. The van der Waals surface area contributed by atoms with Gasteiger partial charge in [0.1, 0.15) is 11.8 Å². The maximum atomic E-state index is 13.4.